The van der Waals surface area contributed by atoms with Gasteiger partial charge in [-0.2, -0.15) is 0 Å². The summed E-state index contributed by atoms with van der Waals surface area (Å²) in [4.78, 5) is 11.6. The zero-order valence-electron chi connectivity index (χ0n) is 9.59. The quantitative estimate of drug-likeness (QED) is 0.893. The van der Waals surface area contributed by atoms with Crippen LogP contribution in [0.3, 0.4) is 0 Å². The van der Waals surface area contributed by atoms with E-state index in [1.807, 2.05) is 32.0 Å². The molecule has 0 fully saturated rings. The van der Waals surface area contributed by atoms with Gasteiger partial charge in [0, 0.05) is 10.2 Å². The molecule has 4 heteroatoms. The topological polar surface area (TPSA) is 55.1 Å². The number of rotatable bonds is 4. The Bertz CT molecular complexity index is 379. The number of carbonyl (C=O) groups is 1. The standard InChI is InChI=1S/C12H17BrN2O/c1-3-4-11(14)12(16)15-9-6-5-8(2)10(13)7-9/h5-7,11H,3-4,14H2,1-2H3,(H,15,16)/t11-/m0/s1. The summed E-state index contributed by atoms with van der Waals surface area (Å²) in [6.07, 6.45) is 1.62. The van der Waals surface area contributed by atoms with Gasteiger partial charge in [0.2, 0.25) is 5.91 Å². The number of nitrogens with one attached hydrogen (secondary N) is 1. The zero-order chi connectivity index (χ0) is 12.1. The van der Waals surface area contributed by atoms with Gasteiger partial charge in [-0.3, -0.25) is 4.79 Å². The molecule has 0 spiro atoms. The maximum atomic E-state index is 11.6. The Labute approximate surface area is 105 Å². The fraction of sp³-hybridized carbons (Fsp3) is 0.417. The Morgan fingerprint density at radius 1 is 1.56 bits per heavy atom. The number of hydrogen-bond donors (Lipinski definition) is 2. The molecule has 1 aromatic rings. The van der Waals surface area contributed by atoms with Crippen molar-refractivity contribution in [3.05, 3.63) is 28.2 Å². The number of anilines is 1. The minimum Gasteiger partial charge on any atom is -0.325 e. The first-order valence-electron chi connectivity index (χ1n) is 5.37. The summed E-state index contributed by atoms with van der Waals surface area (Å²) >= 11 is 3.42. The molecule has 0 unspecified atom stereocenters. The van der Waals surface area contributed by atoms with Crippen LogP contribution in [0, 0.1) is 6.92 Å². The minimum atomic E-state index is -0.426. The fourth-order valence-electron chi connectivity index (χ4n) is 1.35. The third-order valence-electron chi connectivity index (χ3n) is 2.38. The molecule has 3 N–H and O–H groups in total. The largest absolute Gasteiger partial charge is 0.325 e. The molecule has 1 amide bonds. The van der Waals surface area contributed by atoms with Crippen LogP contribution in [0.2, 0.25) is 0 Å². The molecule has 1 rings (SSSR count). The highest BCUT2D eigenvalue weighted by atomic mass is 79.9. The molecule has 0 aromatic heterocycles. The van der Waals surface area contributed by atoms with Gasteiger partial charge < -0.3 is 11.1 Å². The van der Waals surface area contributed by atoms with Crippen molar-refractivity contribution >= 4 is 27.5 Å². The molecule has 0 aliphatic carbocycles. The van der Waals surface area contributed by atoms with Gasteiger partial charge >= 0.3 is 0 Å². The van der Waals surface area contributed by atoms with Crippen molar-refractivity contribution in [2.45, 2.75) is 32.7 Å². The van der Waals surface area contributed by atoms with Crippen LogP contribution in [0.25, 0.3) is 0 Å². The van der Waals surface area contributed by atoms with Crippen LogP contribution < -0.4 is 11.1 Å². The molecule has 3 nitrogen and oxygen atoms in total. The second-order valence-electron chi connectivity index (χ2n) is 3.85. The molecule has 1 aromatic carbocycles. The maximum Gasteiger partial charge on any atom is 0.241 e. The van der Waals surface area contributed by atoms with Gasteiger partial charge in [-0.05, 0) is 31.0 Å². The fourth-order valence-corrected chi connectivity index (χ4v) is 1.73. The van der Waals surface area contributed by atoms with E-state index in [2.05, 4.69) is 21.2 Å². The number of benzene rings is 1. The highest BCUT2D eigenvalue weighted by Crippen LogP contribution is 2.20. The molecule has 0 saturated carbocycles. The average Bonchev–Trinajstić information content (AvgIpc) is 2.24. The second-order valence-corrected chi connectivity index (χ2v) is 4.70. The predicted molar refractivity (Wildman–Crippen MR) is 70.4 cm³/mol. The normalized spacial score (nSPS) is 12.2. The molecule has 16 heavy (non-hydrogen) atoms. The Hall–Kier alpha value is -0.870. The lowest BCUT2D eigenvalue weighted by molar-refractivity contribution is -0.117. The van der Waals surface area contributed by atoms with Crippen molar-refractivity contribution < 1.29 is 4.79 Å². The van der Waals surface area contributed by atoms with E-state index in [1.54, 1.807) is 0 Å². The van der Waals surface area contributed by atoms with E-state index in [1.165, 1.54) is 0 Å². The molecule has 1 atom stereocenters. The molecule has 0 saturated heterocycles. The molecule has 0 heterocycles. The number of aryl methyl sites for hydroxylation is 1. The zero-order valence-corrected chi connectivity index (χ0v) is 11.2. The van der Waals surface area contributed by atoms with Gasteiger partial charge in [0.1, 0.15) is 0 Å². The predicted octanol–water partition coefficient (Wildman–Crippen LogP) is 2.82. The highest BCUT2D eigenvalue weighted by Gasteiger charge is 2.12. The smallest absolute Gasteiger partial charge is 0.241 e. The van der Waals surface area contributed by atoms with Crippen LogP contribution in [0.4, 0.5) is 5.69 Å². The summed E-state index contributed by atoms with van der Waals surface area (Å²) in [5.74, 6) is -0.127. The van der Waals surface area contributed by atoms with Gasteiger partial charge in [0.15, 0.2) is 0 Å². The van der Waals surface area contributed by atoms with Gasteiger partial charge in [0.05, 0.1) is 6.04 Å². The first-order chi connectivity index (χ1) is 7.54. The Morgan fingerprint density at radius 2 is 2.25 bits per heavy atom. The van der Waals surface area contributed by atoms with Gasteiger partial charge in [-0.1, -0.05) is 35.3 Å². The van der Waals surface area contributed by atoms with Crippen LogP contribution in [0.5, 0.6) is 0 Å². The third kappa shape index (κ3) is 3.61. The van der Waals surface area contributed by atoms with Gasteiger partial charge in [-0.25, -0.2) is 0 Å². The summed E-state index contributed by atoms with van der Waals surface area (Å²) in [5, 5.41) is 2.80. The summed E-state index contributed by atoms with van der Waals surface area (Å²) in [7, 11) is 0. The van der Waals surface area contributed by atoms with Gasteiger partial charge in [-0.15, -0.1) is 0 Å². The Kier molecular flexibility index (Phi) is 4.96. The maximum absolute atomic E-state index is 11.6. The third-order valence-corrected chi connectivity index (χ3v) is 3.23. The first kappa shape index (κ1) is 13.2. The van der Waals surface area contributed by atoms with Crippen molar-refractivity contribution in [2.24, 2.45) is 5.73 Å². The molecule has 0 bridgehead atoms. The van der Waals surface area contributed by atoms with Crippen molar-refractivity contribution in [2.75, 3.05) is 5.32 Å². The summed E-state index contributed by atoms with van der Waals surface area (Å²) in [5.41, 5.74) is 7.63. The lowest BCUT2D eigenvalue weighted by atomic mass is 10.1. The molecule has 0 aliphatic rings. The molecule has 0 radical (unpaired) electrons. The van der Waals surface area contributed by atoms with Crippen LogP contribution >= 0.6 is 15.9 Å². The lowest BCUT2D eigenvalue weighted by Gasteiger charge is -2.11. The molecule has 88 valence electrons. The number of halogens is 1. The first-order valence-corrected chi connectivity index (χ1v) is 6.16. The van der Waals surface area contributed by atoms with Crippen LogP contribution in [0.1, 0.15) is 25.3 Å². The van der Waals surface area contributed by atoms with Crippen molar-refractivity contribution in [3.8, 4) is 0 Å². The van der Waals surface area contributed by atoms with E-state index >= 15 is 0 Å². The van der Waals surface area contributed by atoms with E-state index in [-0.39, 0.29) is 5.91 Å². The highest BCUT2D eigenvalue weighted by molar-refractivity contribution is 9.10. The van der Waals surface area contributed by atoms with Crippen molar-refractivity contribution in [3.63, 3.8) is 0 Å². The van der Waals surface area contributed by atoms with Crippen molar-refractivity contribution in [1.82, 2.24) is 0 Å². The van der Waals surface area contributed by atoms with E-state index in [9.17, 15) is 4.79 Å². The Morgan fingerprint density at radius 3 is 2.81 bits per heavy atom. The molecular formula is C12H17BrN2O. The number of carbonyl (C=O) groups excluding carboxylic acids is 1. The molecule has 0 aliphatic heterocycles. The van der Waals surface area contributed by atoms with Crippen LogP contribution in [-0.4, -0.2) is 11.9 Å². The number of amides is 1. The summed E-state index contributed by atoms with van der Waals surface area (Å²) < 4.78 is 0.981. The number of hydrogen-bond acceptors (Lipinski definition) is 2. The minimum absolute atomic E-state index is 0.127. The van der Waals surface area contributed by atoms with E-state index in [4.69, 9.17) is 5.73 Å². The molecular weight excluding hydrogens is 268 g/mol. The van der Waals surface area contributed by atoms with E-state index in [0.717, 1.165) is 22.1 Å². The average molecular weight is 285 g/mol. The van der Waals surface area contributed by atoms with Crippen molar-refractivity contribution in [1.29, 1.82) is 0 Å². The number of nitrogens with two attached hydrogens (primary N) is 1. The second kappa shape index (κ2) is 6.01. The monoisotopic (exact) mass is 284 g/mol. The van der Waals surface area contributed by atoms with E-state index in [0.29, 0.717) is 6.42 Å². The van der Waals surface area contributed by atoms with Gasteiger partial charge in [0.25, 0.3) is 0 Å². The summed E-state index contributed by atoms with van der Waals surface area (Å²) in [6.45, 7) is 4.01. The van der Waals surface area contributed by atoms with E-state index < -0.39 is 6.04 Å². The Balaban J connectivity index is 2.66. The van der Waals surface area contributed by atoms with Crippen LogP contribution in [-0.2, 0) is 4.79 Å². The lowest BCUT2D eigenvalue weighted by Crippen LogP contribution is -2.35. The SMILES string of the molecule is CCC[C@H](N)C(=O)Nc1ccc(C)c(Br)c1. The summed E-state index contributed by atoms with van der Waals surface area (Å²) in [6, 6.07) is 5.28. The van der Waals surface area contributed by atoms with Crippen LogP contribution in [0.15, 0.2) is 22.7 Å².